The van der Waals surface area contributed by atoms with Gasteiger partial charge in [-0.3, -0.25) is 4.79 Å². The third-order valence-corrected chi connectivity index (χ3v) is 2.72. The fourth-order valence-electron chi connectivity index (χ4n) is 1.66. The number of hydrogen-bond donors (Lipinski definition) is 1. The van der Waals surface area contributed by atoms with E-state index in [-0.39, 0.29) is 11.8 Å². The van der Waals surface area contributed by atoms with Crippen LogP contribution in [0.2, 0.25) is 0 Å². The van der Waals surface area contributed by atoms with Crippen LogP contribution in [0, 0.1) is 5.92 Å². The molecule has 106 valence electrons. The Morgan fingerprint density at radius 2 is 2.05 bits per heavy atom. The average molecular weight is 268 g/mol. The van der Waals surface area contributed by atoms with E-state index in [4.69, 9.17) is 4.74 Å². The normalized spacial score (nSPS) is 13.9. The van der Waals surface area contributed by atoms with E-state index in [1.165, 1.54) is 24.4 Å². The van der Waals surface area contributed by atoms with Crippen molar-refractivity contribution in [2.24, 2.45) is 5.92 Å². The molecule has 2 atom stereocenters. The highest BCUT2D eigenvalue weighted by Gasteiger charge is 2.25. The molecule has 1 aromatic heterocycles. The number of carbonyl (C=O) groups is 2. The quantitative estimate of drug-likeness (QED) is 0.761. The van der Waals surface area contributed by atoms with E-state index < -0.39 is 18.1 Å². The molecule has 2 unspecified atom stereocenters. The summed E-state index contributed by atoms with van der Waals surface area (Å²) < 4.78 is 6.13. The minimum Gasteiger partial charge on any atom is -0.467 e. The molecule has 1 N–H and O–H groups in total. The Hall–Kier alpha value is -1.92. The minimum absolute atomic E-state index is 0.270. The topological polar surface area (TPSA) is 86.1 Å². The van der Waals surface area contributed by atoms with Crippen LogP contribution >= 0.6 is 0 Å². The lowest BCUT2D eigenvalue weighted by atomic mass is 10.0. The summed E-state index contributed by atoms with van der Waals surface area (Å²) in [5, 5.41) is 6.58. The number of aromatic nitrogens is 3. The molecule has 1 amide bonds. The SMILES string of the molecule is COC(=O)C(CC(C)C)NC(=O)C(C)n1cncn1. The zero-order chi connectivity index (χ0) is 14.4. The van der Waals surface area contributed by atoms with Crippen molar-refractivity contribution in [3.63, 3.8) is 0 Å². The van der Waals surface area contributed by atoms with Crippen LogP contribution in [0.1, 0.15) is 33.2 Å². The second-order valence-corrected chi connectivity index (χ2v) is 4.77. The van der Waals surface area contributed by atoms with Gasteiger partial charge in [0.1, 0.15) is 24.7 Å². The third kappa shape index (κ3) is 4.35. The Bertz CT molecular complexity index is 417. The molecular weight excluding hydrogens is 248 g/mol. The number of ether oxygens (including phenoxy) is 1. The van der Waals surface area contributed by atoms with Crippen molar-refractivity contribution in [2.45, 2.75) is 39.3 Å². The van der Waals surface area contributed by atoms with Crippen LogP contribution in [0.3, 0.4) is 0 Å². The molecule has 0 saturated heterocycles. The number of amides is 1. The van der Waals surface area contributed by atoms with E-state index in [1.54, 1.807) is 6.92 Å². The summed E-state index contributed by atoms with van der Waals surface area (Å²) in [5.41, 5.74) is 0. The van der Waals surface area contributed by atoms with Crippen LogP contribution in [0.5, 0.6) is 0 Å². The molecule has 1 heterocycles. The van der Waals surface area contributed by atoms with Crippen molar-refractivity contribution in [3.05, 3.63) is 12.7 Å². The molecule has 0 aliphatic rings. The summed E-state index contributed by atoms with van der Waals surface area (Å²) in [7, 11) is 1.31. The number of esters is 1. The Kier molecular flexibility index (Phi) is 5.47. The Labute approximate surface area is 112 Å². The van der Waals surface area contributed by atoms with Gasteiger partial charge in [0.25, 0.3) is 0 Å². The number of nitrogens with one attached hydrogen (secondary N) is 1. The zero-order valence-corrected chi connectivity index (χ0v) is 11.7. The van der Waals surface area contributed by atoms with Crippen molar-refractivity contribution >= 4 is 11.9 Å². The molecule has 1 rings (SSSR count). The zero-order valence-electron chi connectivity index (χ0n) is 11.7. The van der Waals surface area contributed by atoms with E-state index in [2.05, 4.69) is 15.4 Å². The van der Waals surface area contributed by atoms with Crippen molar-refractivity contribution in [2.75, 3.05) is 7.11 Å². The molecule has 0 fully saturated rings. The fourth-order valence-corrected chi connectivity index (χ4v) is 1.66. The van der Waals surface area contributed by atoms with Gasteiger partial charge >= 0.3 is 5.97 Å². The van der Waals surface area contributed by atoms with E-state index in [0.717, 1.165) is 0 Å². The first kappa shape index (κ1) is 15.1. The molecule has 0 spiro atoms. The number of hydrogen-bond acceptors (Lipinski definition) is 5. The predicted molar refractivity (Wildman–Crippen MR) is 68.1 cm³/mol. The molecule has 1 aromatic rings. The Morgan fingerprint density at radius 1 is 1.37 bits per heavy atom. The summed E-state index contributed by atoms with van der Waals surface area (Å²) >= 11 is 0. The molecule has 0 radical (unpaired) electrons. The summed E-state index contributed by atoms with van der Waals surface area (Å²) in [6, 6.07) is -1.16. The standard InChI is InChI=1S/C12H20N4O3/c1-8(2)5-10(12(18)19-4)15-11(17)9(3)16-7-13-6-14-16/h6-10H,5H2,1-4H3,(H,15,17). The molecular formula is C12H20N4O3. The molecule has 0 aliphatic carbocycles. The van der Waals surface area contributed by atoms with E-state index in [9.17, 15) is 9.59 Å². The first-order valence-electron chi connectivity index (χ1n) is 6.18. The van der Waals surface area contributed by atoms with Gasteiger partial charge in [0, 0.05) is 0 Å². The molecule has 7 heteroatoms. The molecule has 0 bridgehead atoms. The number of carbonyl (C=O) groups excluding carboxylic acids is 2. The summed E-state index contributed by atoms with van der Waals surface area (Å²) in [4.78, 5) is 27.5. The second-order valence-electron chi connectivity index (χ2n) is 4.77. The summed E-state index contributed by atoms with van der Waals surface area (Å²) in [5.74, 6) is -0.458. The molecule has 0 aliphatic heterocycles. The van der Waals surface area contributed by atoms with E-state index in [1.807, 2.05) is 13.8 Å². The Balaban J connectivity index is 2.67. The van der Waals surface area contributed by atoms with Gasteiger partial charge in [-0.15, -0.1) is 0 Å². The predicted octanol–water partition coefficient (Wildman–Crippen LogP) is 0.543. The van der Waals surface area contributed by atoms with Crippen LogP contribution in [0.15, 0.2) is 12.7 Å². The lowest BCUT2D eigenvalue weighted by Crippen LogP contribution is -2.45. The van der Waals surface area contributed by atoms with Gasteiger partial charge in [-0.05, 0) is 19.3 Å². The number of methoxy groups -OCH3 is 1. The number of nitrogens with zero attached hydrogens (tertiary/aromatic N) is 3. The smallest absolute Gasteiger partial charge is 0.328 e. The fraction of sp³-hybridized carbons (Fsp3) is 0.667. The maximum Gasteiger partial charge on any atom is 0.328 e. The first-order chi connectivity index (χ1) is 8.95. The minimum atomic E-state index is -0.636. The van der Waals surface area contributed by atoms with Gasteiger partial charge < -0.3 is 10.1 Å². The largest absolute Gasteiger partial charge is 0.467 e. The second kappa shape index (κ2) is 6.86. The number of rotatable bonds is 6. The Morgan fingerprint density at radius 3 is 2.53 bits per heavy atom. The van der Waals surface area contributed by atoms with E-state index in [0.29, 0.717) is 6.42 Å². The lowest BCUT2D eigenvalue weighted by molar-refractivity contribution is -0.146. The van der Waals surface area contributed by atoms with Crippen LogP contribution in [0.25, 0.3) is 0 Å². The third-order valence-electron chi connectivity index (χ3n) is 2.72. The van der Waals surface area contributed by atoms with Gasteiger partial charge in [-0.25, -0.2) is 14.5 Å². The van der Waals surface area contributed by atoms with Crippen molar-refractivity contribution in [1.82, 2.24) is 20.1 Å². The van der Waals surface area contributed by atoms with Gasteiger partial charge in [0.15, 0.2) is 0 Å². The maximum absolute atomic E-state index is 12.0. The molecule has 0 saturated carbocycles. The maximum atomic E-state index is 12.0. The highest BCUT2D eigenvalue weighted by molar-refractivity contribution is 5.86. The molecule has 7 nitrogen and oxygen atoms in total. The highest BCUT2D eigenvalue weighted by Crippen LogP contribution is 2.09. The van der Waals surface area contributed by atoms with Gasteiger partial charge in [0.2, 0.25) is 5.91 Å². The van der Waals surface area contributed by atoms with E-state index >= 15 is 0 Å². The monoisotopic (exact) mass is 268 g/mol. The van der Waals surface area contributed by atoms with Crippen LogP contribution in [0.4, 0.5) is 0 Å². The van der Waals surface area contributed by atoms with Crippen molar-refractivity contribution in [3.8, 4) is 0 Å². The van der Waals surface area contributed by atoms with Crippen LogP contribution < -0.4 is 5.32 Å². The van der Waals surface area contributed by atoms with Crippen LogP contribution in [-0.4, -0.2) is 39.8 Å². The average Bonchev–Trinajstić information content (AvgIpc) is 2.89. The van der Waals surface area contributed by atoms with Gasteiger partial charge in [-0.1, -0.05) is 13.8 Å². The highest BCUT2D eigenvalue weighted by atomic mass is 16.5. The molecule has 0 aromatic carbocycles. The summed E-state index contributed by atoms with van der Waals surface area (Å²) in [6.45, 7) is 5.64. The first-order valence-corrected chi connectivity index (χ1v) is 6.18. The van der Waals surface area contributed by atoms with Crippen molar-refractivity contribution < 1.29 is 14.3 Å². The molecule has 19 heavy (non-hydrogen) atoms. The van der Waals surface area contributed by atoms with Crippen LogP contribution in [-0.2, 0) is 14.3 Å². The summed E-state index contributed by atoms with van der Waals surface area (Å²) in [6.07, 6.45) is 3.35. The van der Waals surface area contributed by atoms with Gasteiger partial charge in [-0.2, -0.15) is 5.10 Å². The van der Waals surface area contributed by atoms with Gasteiger partial charge in [0.05, 0.1) is 7.11 Å². The lowest BCUT2D eigenvalue weighted by Gasteiger charge is -2.20. The van der Waals surface area contributed by atoms with Crippen molar-refractivity contribution in [1.29, 1.82) is 0 Å².